The van der Waals surface area contributed by atoms with E-state index in [1.165, 1.54) is 26.9 Å². The number of carbonyl (C=O) groups excluding carboxylic acids is 2. The number of hydrogen-bond acceptors (Lipinski definition) is 6. The number of carbonyl (C=O) groups is 2. The first-order valence-electron chi connectivity index (χ1n) is 8.30. The van der Waals surface area contributed by atoms with Gasteiger partial charge in [-0.3, -0.25) is 9.59 Å². The molecule has 2 heterocycles. The molecule has 1 aliphatic rings. The summed E-state index contributed by atoms with van der Waals surface area (Å²) in [6, 6.07) is 7.03. The predicted molar refractivity (Wildman–Crippen MR) is 95.4 cm³/mol. The minimum Gasteiger partial charge on any atom is -0.476 e. The molecule has 0 spiro atoms. The van der Waals surface area contributed by atoms with Gasteiger partial charge in [0, 0.05) is 27.1 Å². The van der Waals surface area contributed by atoms with E-state index < -0.39 is 11.0 Å². The van der Waals surface area contributed by atoms with Gasteiger partial charge in [0.25, 0.3) is 5.91 Å². The average molecular weight is 373 g/mol. The molecule has 0 saturated carbocycles. The number of imidazole rings is 1. The molecule has 0 aliphatic carbocycles. The summed E-state index contributed by atoms with van der Waals surface area (Å²) in [5.74, 6) is -0.238. The lowest BCUT2D eigenvalue weighted by Crippen LogP contribution is -2.50. The Labute approximate surface area is 155 Å². The Morgan fingerprint density at radius 2 is 2.11 bits per heavy atom. The van der Waals surface area contributed by atoms with Crippen molar-refractivity contribution in [3.63, 3.8) is 0 Å². The minimum absolute atomic E-state index is 0.102. The molecule has 1 aromatic carbocycles. The van der Waals surface area contributed by atoms with Gasteiger partial charge in [0.15, 0.2) is 6.10 Å². The van der Waals surface area contributed by atoms with Crippen LogP contribution in [-0.2, 0) is 16.1 Å². The highest BCUT2D eigenvalue weighted by Crippen LogP contribution is 2.33. The van der Waals surface area contributed by atoms with Gasteiger partial charge in [-0.05, 0) is 22.0 Å². The molecule has 10 nitrogen and oxygen atoms in total. The molecule has 0 N–H and O–H groups in total. The SMILES string of the molecule is CN(C)C(=O)C1CN(C(=O)CCn2cnc([N+](=O)[O-])c2)c2ccccc2O1. The molecule has 27 heavy (non-hydrogen) atoms. The smallest absolute Gasteiger partial charge is 0.381 e. The van der Waals surface area contributed by atoms with Crippen LogP contribution in [0.15, 0.2) is 36.8 Å². The van der Waals surface area contributed by atoms with Crippen molar-refractivity contribution >= 4 is 23.3 Å². The lowest BCUT2D eigenvalue weighted by atomic mass is 10.1. The van der Waals surface area contributed by atoms with Crippen LogP contribution in [-0.4, -0.2) is 57.9 Å². The second kappa shape index (κ2) is 7.44. The molecule has 2 amide bonds. The van der Waals surface area contributed by atoms with Crippen molar-refractivity contribution in [3.8, 4) is 5.75 Å². The molecule has 142 valence electrons. The number of anilines is 1. The van der Waals surface area contributed by atoms with Gasteiger partial charge < -0.3 is 29.2 Å². The van der Waals surface area contributed by atoms with Crippen molar-refractivity contribution in [2.45, 2.75) is 19.1 Å². The summed E-state index contributed by atoms with van der Waals surface area (Å²) >= 11 is 0. The van der Waals surface area contributed by atoms with Crippen molar-refractivity contribution in [3.05, 3.63) is 46.9 Å². The second-order valence-corrected chi connectivity index (χ2v) is 6.29. The Morgan fingerprint density at radius 3 is 2.78 bits per heavy atom. The number of fused-ring (bicyclic) bond motifs is 1. The molecule has 2 aromatic rings. The fourth-order valence-corrected chi connectivity index (χ4v) is 2.81. The summed E-state index contributed by atoms with van der Waals surface area (Å²) in [7, 11) is 3.26. The van der Waals surface area contributed by atoms with Crippen molar-refractivity contribution < 1.29 is 19.2 Å². The third-order valence-electron chi connectivity index (χ3n) is 4.18. The van der Waals surface area contributed by atoms with E-state index in [9.17, 15) is 19.7 Å². The zero-order chi connectivity index (χ0) is 19.6. The van der Waals surface area contributed by atoms with Crippen LogP contribution in [0.4, 0.5) is 11.5 Å². The third-order valence-corrected chi connectivity index (χ3v) is 4.18. The lowest BCUT2D eigenvalue weighted by Gasteiger charge is -2.35. The van der Waals surface area contributed by atoms with Crippen LogP contribution in [0.1, 0.15) is 6.42 Å². The minimum atomic E-state index is -0.784. The first kappa shape index (κ1) is 18.4. The summed E-state index contributed by atoms with van der Waals surface area (Å²) in [5, 5.41) is 10.7. The molecule has 0 bridgehead atoms. The van der Waals surface area contributed by atoms with Crippen LogP contribution in [0.2, 0.25) is 0 Å². The largest absolute Gasteiger partial charge is 0.476 e. The molecular formula is C17H19N5O5. The number of benzene rings is 1. The molecule has 1 aromatic heterocycles. The standard InChI is InChI=1S/C17H19N5O5/c1-19(2)17(24)14-9-21(12-5-3-4-6-13(12)27-14)16(23)7-8-20-10-15(18-11-20)22(25)26/h3-6,10-11,14H,7-9H2,1-2H3. The van der Waals surface area contributed by atoms with Crippen molar-refractivity contribution in [2.24, 2.45) is 0 Å². The zero-order valence-electron chi connectivity index (χ0n) is 14.9. The number of nitrogens with zero attached hydrogens (tertiary/aromatic N) is 5. The summed E-state index contributed by atoms with van der Waals surface area (Å²) in [5.41, 5.74) is 0.599. The number of nitro groups is 1. The fourth-order valence-electron chi connectivity index (χ4n) is 2.81. The number of rotatable bonds is 5. The quantitative estimate of drug-likeness (QED) is 0.572. The topological polar surface area (TPSA) is 111 Å². The number of ether oxygens (including phenoxy) is 1. The molecular weight excluding hydrogens is 354 g/mol. The van der Waals surface area contributed by atoms with E-state index in [4.69, 9.17) is 4.74 Å². The van der Waals surface area contributed by atoms with Crippen LogP contribution in [0.5, 0.6) is 5.75 Å². The molecule has 1 atom stereocenters. The van der Waals surface area contributed by atoms with Gasteiger partial charge in [-0.1, -0.05) is 12.1 Å². The highest BCUT2D eigenvalue weighted by molar-refractivity contribution is 5.97. The van der Waals surface area contributed by atoms with Crippen LogP contribution in [0.25, 0.3) is 0 Å². The Bertz CT molecular complexity index is 878. The van der Waals surface area contributed by atoms with Crippen LogP contribution >= 0.6 is 0 Å². The maximum absolute atomic E-state index is 12.8. The Balaban J connectivity index is 1.75. The Morgan fingerprint density at radius 1 is 1.37 bits per heavy atom. The number of aryl methyl sites for hydroxylation is 1. The lowest BCUT2D eigenvalue weighted by molar-refractivity contribution is -0.389. The van der Waals surface area contributed by atoms with Gasteiger partial charge in [0.1, 0.15) is 11.9 Å². The van der Waals surface area contributed by atoms with Gasteiger partial charge >= 0.3 is 5.82 Å². The van der Waals surface area contributed by atoms with Crippen molar-refractivity contribution in [2.75, 3.05) is 25.5 Å². The van der Waals surface area contributed by atoms with E-state index in [0.717, 1.165) is 0 Å². The van der Waals surface area contributed by atoms with E-state index in [1.54, 1.807) is 38.4 Å². The van der Waals surface area contributed by atoms with Crippen molar-refractivity contribution in [1.82, 2.24) is 14.5 Å². The maximum atomic E-state index is 12.8. The molecule has 0 saturated heterocycles. The Kier molecular flexibility index (Phi) is 5.06. The van der Waals surface area contributed by atoms with E-state index >= 15 is 0 Å². The molecule has 0 radical (unpaired) electrons. The fraction of sp³-hybridized carbons (Fsp3) is 0.353. The zero-order valence-corrected chi connectivity index (χ0v) is 14.9. The van der Waals surface area contributed by atoms with Crippen LogP contribution in [0, 0.1) is 10.1 Å². The second-order valence-electron chi connectivity index (χ2n) is 6.29. The van der Waals surface area contributed by atoms with Crippen molar-refractivity contribution in [1.29, 1.82) is 0 Å². The summed E-state index contributed by atoms with van der Waals surface area (Å²) in [4.78, 5) is 41.8. The molecule has 1 aliphatic heterocycles. The van der Waals surface area contributed by atoms with Gasteiger partial charge in [0.2, 0.25) is 12.2 Å². The third kappa shape index (κ3) is 3.89. The van der Waals surface area contributed by atoms with Gasteiger partial charge in [0.05, 0.1) is 12.2 Å². The molecule has 0 fully saturated rings. The highest BCUT2D eigenvalue weighted by Gasteiger charge is 2.34. The molecule has 1 unspecified atom stereocenters. The van der Waals surface area contributed by atoms with Gasteiger partial charge in [-0.15, -0.1) is 0 Å². The maximum Gasteiger partial charge on any atom is 0.381 e. The number of para-hydroxylation sites is 2. The average Bonchev–Trinajstić information content (AvgIpc) is 3.14. The molecule has 10 heteroatoms. The van der Waals surface area contributed by atoms with E-state index in [2.05, 4.69) is 4.98 Å². The Hall–Kier alpha value is -3.43. The van der Waals surface area contributed by atoms with Gasteiger partial charge in [-0.2, -0.15) is 0 Å². The van der Waals surface area contributed by atoms with E-state index in [-0.39, 0.29) is 37.1 Å². The van der Waals surface area contributed by atoms with Crippen LogP contribution < -0.4 is 9.64 Å². The van der Waals surface area contributed by atoms with Crippen LogP contribution in [0.3, 0.4) is 0 Å². The molecule has 3 rings (SSSR count). The first-order chi connectivity index (χ1) is 12.9. The van der Waals surface area contributed by atoms with E-state index in [0.29, 0.717) is 11.4 Å². The number of likely N-dealkylation sites (N-methyl/N-ethyl adjacent to an activating group) is 1. The normalized spacial score (nSPS) is 15.6. The predicted octanol–water partition coefficient (Wildman–Crippen LogP) is 1.06. The number of hydrogen-bond donors (Lipinski definition) is 0. The highest BCUT2D eigenvalue weighted by atomic mass is 16.6. The summed E-state index contributed by atoms with van der Waals surface area (Å²) in [6.07, 6.45) is 1.91. The number of amides is 2. The van der Waals surface area contributed by atoms with Gasteiger partial charge in [-0.25, -0.2) is 0 Å². The monoisotopic (exact) mass is 373 g/mol. The number of aromatic nitrogens is 2. The summed E-state index contributed by atoms with van der Waals surface area (Å²) in [6.45, 7) is 0.350. The first-order valence-corrected chi connectivity index (χ1v) is 8.30. The summed E-state index contributed by atoms with van der Waals surface area (Å²) < 4.78 is 7.24. The van der Waals surface area contributed by atoms with E-state index in [1.807, 2.05) is 0 Å².